The van der Waals surface area contributed by atoms with Crippen LogP contribution in [0.3, 0.4) is 0 Å². The van der Waals surface area contributed by atoms with Crippen LogP contribution in [0, 0.1) is 27.7 Å². The summed E-state index contributed by atoms with van der Waals surface area (Å²) in [5.74, 6) is 2.16. The van der Waals surface area contributed by atoms with Crippen LogP contribution in [0.2, 0.25) is 0 Å². The van der Waals surface area contributed by atoms with E-state index in [0.29, 0.717) is 23.8 Å². The zero-order valence-electron chi connectivity index (χ0n) is 53.2. The van der Waals surface area contributed by atoms with Crippen molar-refractivity contribution in [1.29, 1.82) is 0 Å². The number of aliphatic hydroxyl groups is 1. The van der Waals surface area contributed by atoms with E-state index < -0.39 is 0 Å². The van der Waals surface area contributed by atoms with Gasteiger partial charge < -0.3 is 21.1 Å². The molecule has 95 heavy (non-hydrogen) atoms. The summed E-state index contributed by atoms with van der Waals surface area (Å²) in [6.07, 6.45) is 14.9. The molecule has 0 atom stereocenters. The van der Waals surface area contributed by atoms with E-state index in [9.17, 15) is 0 Å². The molecule has 0 radical (unpaired) electrons. The van der Waals surface area contributed by atoms with Gasteiger partial charge in [0, 0.05) is 89.6 Å². The number of hydrogen-bond acceptors (Lipinski definition) is 17. The fourth-order valence-corrected chi connectivity index (χ4v) is 11.7. The number of aliphatic hydroxyl groups excluding tert-OH is 1. The van der Waals surface area contributed by atoms with Crippen molar-refractivity contribution in [2.24, 2.45) is 7.05 Å². The second-order valence-electron chi connectivity index (χ2n) is 23.1. The summed E-state index contributed by atoms with van der Waals surface area (Å²) in [6.45, 7) is 11.9. The van der Waals surface area contributed by atoms with Crippen LogP contribution in [-0.4, -0.2) is 117 Å². The molecule has 0 spiro atoms. The van der Waals surface area contributed by atoms with E-state index in [-0.39, 0.29) is 6.61 Å². The third kappa shape index (κ3) is 12.6. The van der Waals surface area contributed by atoms with Gasteiger partial charge in [0.2, 0.25) is 5.65 Å². The number of aromatic amines is 4. The molecule has 0 fully saturated rings. The molecule has 0 aliphatic rings. The zero-order chi connectivity index (χ0) is 64.9. The highest BCUT2D eigenvalue weighted by Gasteiger charge is 2.16. The van der Waals surface area contributed by atoms with E-state index in [2.05, 4.69) is 190 Å². The minimum absolute atomic E-state index is 0.0706. The van der Waals surface area contributed by atoms with Gasteiger partial charge >= 0.3 is 0 Å². The quantitative estimate of drug-likeness (QED) is 0.0442. The van der Waals surface area contributed by atoms with Crippen LogP contribution in [0.15, 0.2) is 171 Å². The highest BCUT2D eigenvalue weighted by atomic mass is 16.3. The molecule has 0 saturated carbocycles. The summed E-state index contributed by atoms with van der Waals surface area (Å²) in [7, 11) is 1.95. The van der Waals surface area contributed by atoms with E-state index in [0.717, 1.165) is 147 Å². The molecule has 25 heteroatoms. The summed E-state index contributed by atoms with van der Waals surface area (Å²) in [5, 5.41) is 70.8. The van der Waals surface area contributed by atoms with Gasteiger partial charge in [0.15, 0.2) is 23.0 Å². The number of fused-ring (bicyclic) bond motifs is 8. The zero-order valence-corrected chi connectivity index (χ0v) is 53.2. The van der Waals surface area contributed by atoms with Gasteiger partial charge in [-0.15, -0.1) is 0 Å². The van der Waals surface area contributed by atoms with Crippen LogP contribution in [0.5, 0.6) is 0 Å². The minimum Gasteiger partial charge on any atom is -0.394 e. The molecule has 17 aromatic rings. The molecule has 0 aliphatic carbocycles. The van der Waals surface area contributed by atoms with Gasteiger partial charge in [-0.05, 0) is 155 Å². The summed E-state index contributed by atoms with van der Waals surface area (Å²) in [6, 6.07) is 44.8. The number of nitrogens with one attached hydrogen (secondary N) is 7. The predicted octanol–water partition coefficient (Wildman–Crippen LogP) is 13.4. The smallest absolute Gasteiger partial charge is 0.201 e. The van der Waals surface area contributed by atoms with Crippen LogP contribution in [0.1, 0.15) is 60.1 Å². The van der Waals surface area contributed by atoms with Crippen molar-refractivity contribution >= 4 is 122 Å². The lowest BCUT2D eigenvalue weighted by Gasteiger charge is -2.06. The molecule has 0 unspecified atom stereocenters. The van der Waals surface area contributed by atoms with Crippen LogP contribution in [0.25, 0.3) is 93.6 Å². The molecule has 25 nitrogen and oxygen atoms in total. The molecule has 8 N–H and O–H groups in total. The first-order chi connectivity index (χ1) is 46.5. The van der Waals surface area contributed by atoms with Crippen LogP contribution in [-0.2, 0) is 26.6 Å². The third-order valence-corrected chi connectivity index (χ3v) is 16.5. The molecular formula is C70H68N24O. The largest absolute Gasteiger partial charge is 0.394 e. The standard InChI is InChI=1S/C21H18N6.C18H21N7.C16H16N6O.C15H13N5/c1-13-5-8-16(9-6-13)27-19-10-7-15(12-17(19)14(2)26-27)23-21-20-18(24-25-21)4-3-11-22-20;1-3-4-5-10-25-15-7-6-13(11-14(15)12(2)24-25)21-18-16-17(22-23-18)20-9-8-19-16;1-10-12-9-11(4-5-14(12)22(21-10)7-8-23)18-16-15-13(19-20-16)3-2-6-17-15;1-20-14-5-4-10(7-11(14)9-17-20)8-13-15-12(18-19-13)3-2-6-16-15/h3-12H,1-2H3,(H2,23,24,25);6-9,11H,3-5,10H2,1-2H3,(H2,20,21,22,23);2-6,9,23H,7-8H2,1H3,(H2,18,19,20);2-7,9H,8H2,1H3,(H,18,19). The number of anilines is 6. The molecule has 0 bridgehead atoms. The fourth-order valence-electron chi connectivity index (χ4n) is 11.7. The average Bonchev–Trinajstić information content (AvgIpc) is 1.66. The number of nitrogens with zero attached hydrogens (tertiary/aromatic N) is 17. The maximum Gasteiger partial charge on any atom is 0.201 e. The van der Waals surface area contributed by atoms with Crippen molar-refractivity contribution in [2.75, 3.05) is 22.6 Å². The second-order valence-corrected chi connectivity index (χ2v) is 23.1. The summed E-state index contributed by atoms with van der Waals surface area (Å²) in [4.78, 5) is 21.7. The van der Waals surface area contributed by atoms with E-state index >= 15 is 0 Å². The number of benzene rings is 5. The highest BCUT2D eigenvalue weighted by molar-refractivity contribution is 5.93. The first kappa shape index (κ1) is 60.3. The number of hydrogen-bond donors (Lipinski definition) is 8. The lowest BCUT2D eigenvalue weighted by atomic mass is 10.1. The molecule has 0 aliphatic heterocycles. The minimum atomic E-state index is 0.0706. The first-order valence-corrected chi connectivity index (χ1v) is 31.4. The van der Waals surface area contributed by atoms with Crippen LogP contribution in [0.4, 0.5) is 34.5 Å². The first-order valence-electron chi connectivity index (χ1n) is 31.4. The summed E-state index contributed by atoms with van der Waals surface area (Å²) >= 11 is 0. The highest BCUT2D eigenvalue weighted by Crippen LogP contribution is 2.31. The van der Waals surface area contributed by atoms with Crippen molar-refractivity contribution < 1.29 is 5.11 Å². The monoisotopic (exact) mass is 1260 g/mol. The number of rotatable bonds is 15. The van der Waals surface area contributed by atoms with Gasteiger partial charge in [0.05, 0.1) is 80.9 Å². The van der Waals surface area contributed by atoms with Crippen LogP contribution < -0.4 is 16.0 Å². The van der Waals surface area contributed by atoms with E-state index in [1.807, 2.05) is 102 Å². The Balaban J connectivity index is 0.000000110. The average molecular weight is 1260 g/mol. The van der Waals surface area contributed by atoms with E-state index in [4.69, 9.17) is 15.3 Å². The molecule has 0 saturated heterocycles. The molecule has 0 amide bonds. The number of pyridine rings is 3. The van der Waals surface area contributed by atoms with Gasteiger partial charge in [-0.1, -0.05) is 43.5 Å². The van der Waals surface area contributed by atoms with E-state index in [1.165, 1.54) is 29.5 Å². The van der Waals surface area contributed by atoms with Gasteiger partial charge in [-0.2, -0.15) is 40.8 Å². The Labute approximate surface area is 543 Å². The summed E-state index contributed by atoms with van der Waals surface area (Å²) in [5.41, 5.74) is 21.4. The lowest BCUT2D eigenvalue weighted by Crippen LogP contribution is -2.03. The maximum absolute atomic E-state index is 9.12. The SMILES string of the molecule is CCCCCn1nc(C)c2cc(Nc3[nH]nc4nccnc34)ccc21.Cc1ccc(-n2nc(C)c3cc(Nc4n[nH]c5cccnc45)ccc32)cc1.Cc1nn(CCO)c2ccc(Nc3n[nH]c4cccnc34)cc12.Cn1ncc2cc(Cc3[nH]nc4cccnc34)ccc21. The topological polar surface area (TPSA) is 307 Å². The number of H-pyrrole nitrogens is 4. The molecule has 5 aromatic carbocycles. The number of aryl methyl sites for hydroxylation is 6. The van der Waals surface area contributed by atoms with Gasteiger partial charge in [0.25, 0.3) is 0 Å². The van der Waals surface area contributed by atoms with Crippen LogP contribution >= 0.6 is 0 Å². The predicted molar refractivity (Wildman–Crippen MR) is 373 cm³/mol. The van der Waals surface area contributed by atoms with Crippen molar-refractivity contribution in [3.05, 3.63) is 205 Å². The Kier molecular flexibility index (Phi) is 16.8. The van der Waals surface area contributed by atoms with Gasteiger partial charge in [0.1, 0.15) is 22.1 Å². The Hall–Kier alpha value is -12.3. The molecule has 12 aromatic heterocycles. The van der Waals surface area contributed by atoms with Crippen molar-refractivity contribution in [3.8, 4) is 5.69 Å². The fraction of sp³-hybridized carbons (Fsp3) is 0.186. The number of unbranched alkanes of at least 4 members (excludes halogenated alkanes) is 2. The van der Waals surface area contributed by atoms with Gasteiger partial charge in [-0.3, -0.25) is 49.4 Å². The van der Waals surface area contributed by atoms with Crippen molar-refractivity contribution in [3.63, 3.8) is 0 Å². The Morgan fingerprint density at radius 3 is 1.74 bits per heavy atom. The molecule has 474 valence electrons. The maximum atomic E-state index is 9.12. The third-order valence-electron chi connectivity index (χ3n) is 16.5. The van der Waals surface area contributed by atoms with Crippen molar-refractivity contribution in [2.45, 2.75) is 73.4 Å². The normalized spacial score (nSPS) is 11.4. The van der Waals surface area contributed by atoms with E-state index in [1.54, 1.807) is 31.0 Å². The number of aromatic nitrogens is 21. The van der Waals surface area contributed by atoms with Crippen molar-refractivity contribution in [1.82, 2.24) is 105 Å². The summed E-state index contributed by atoms with van der Waals surface area (Å²) < 4.78 is 7.80. The Bertz CT molecular complexity index is 5530. The van der Waals surface area contributed by atoms with Gasteiger partial charge in [-0.25, -0.2) is 14.6 Å². The lowest BCUT2D eigenvalue weighted by molar-refractivity contribution is 0.271. The Morgan fingerprint density at radius 2 is 1.07 bits per heavy atom. The molecule has 17 rings (SSSR count). The Morgan fingerprint density at radius 1 is 0.495 bits per heavy atom. The molecular weight excluding hydrogens is 1190 g/mol. The molecule has 12 heterocycles. The second kappa shape index (κ2) is 26.5.